The van der Waals surface area contributed by atoms with Crippen LogP contribution in [-0.4, -0.2) is 30.4 Å². The summed E-state index contributed by atoms with van der Waals surface area (Å²) in [6.45, 7) is 5.03. The minimum Gasteiger partial charge on any atom is -0.494 e. The molecule has 0 unspecified atom stereocenters. The Balaban J connectivity index is 1.83. The number of amides is 2. The number of ether oxygens (including phenoxy) is 1. The number of aryl methyl sites for hydroxylation is 1. The molecule has 0 bridgehead atoms. The summed E-state index contributed by atoms with van der Waals surface area (Å²) in [5.74, 6) is 1.01. The van der Waals surface area contributed by atoms with Crippen molar-refractivity contribution in [3.05, 3.63) is 23.8 Å². The van der Waals surface area contributed by atoms with Crippen molar-refractivity contribution in [2.24, 2.45) is 5.92 Å². The third-order valence-corrected chi connectivity index (χ3v) is 3.88. The molecule has 3 N–H and O–H groups in total. The summed E-state index contributed by atoms with van der Waals surface area (Å²) >= 11 is 0. The van der Waals surface area contributed by atoms with E-state index in [4.69, 9.17) is 4.74 Å². The molecular weight excluding hydrogens is 268 g/mol. The lowest BCUT2D eigenvalue weighted by molar-refractivity contribution is 0.133. The molecule has 1 aliphatic rings. The lowest BCUT2D eigenvalue weighted by atomic mass is 10.1. The lowest BCUT2D eigenvalue weighted by Crippen LogP contribution is -2.35. The van der Waals surface area contributed by atoms with Crippen molar-refractivity contribution in [3.8, 4) is 5.75 Å². The van der Waals surface area contributed by atoms with Gasteiger partial charge in [-0.1, -0.05) is 6.42 Å². The number of urea groups is 1. The molecule has 2 rings (SSSR count). The molecule has 0 radical (unpaired) electrons. The molecule has 21 heavy (non-hydrogen) atoms. The number of carbonyl (C=O) groups excluding carboxylic acids is 1. The van der Waals surface area contributed by atoms with Crippen LogP contribution < -0.4 is 15.4 Å². The number of hydrogen-bond acceptors (Lipinski definition) is 3. The largest absolute Gasteiger partial charge is 0.494 e. The first kappa shape index (κ1) is 15.6. The second kappa shape index (κ2) is 7.31. The van der Waals surface area contributed by atoms with E-state index >= 15 is 0 Å². The Kier molecular flexibility index (Phi) is 5.44. The van der Waals surface area contributed by atoms with E-state index in [1.165, 1.54) is 0 Å². The van der Waals surface area contributed by atoms with E-state index in [0.29, 0.717) is 13.2 Å². The Morgan fingerprint density at radius 2 is 2.24 bits per heavy atom. The Labute approximate surface area is 125 Å². The first-order valence-corrected chi connectivity index (χ1v) is 7.56. The van der Waals surface area contributed by atoms with E-state index in [1.54, 1.807) is 0 Å². The molecule has 0 aliphatic heterocycles. The molecule has 1 saturated carbocycles. The Morgan fingerprint density at radius 1 is 1.43 bits per heavy atom. The molecule has 5 nitrogen and oxygen atoms in total. The number of hydrogen-bond donors (Lipinski definition) is 3. The molecule has 1 aliphatic carbocycles. The Morgan fingerprint density at radius 3 is 2.86 bits per heavy atom. The average molecular weight is 292 g/mol. The fourth-order valence-electron chi connectivity index (χ4n) is 2.70. The van der Waals surface area contributed by atoms with E-state index < -0.39 is 0 Å². The monoisotopic (exact) mass is 292 g/mol. The zero-order valence-electron chi connectivity index (χ0n) is 12.7. The molecule has 0 saturated heterocycles. The summed E-state index contributed by atoms with van der Waals surface area (Å²) < 4.78 is 5.47. The minimum absolute atomic E-state index is 0.179. The van der Waals surface area contributed by atoms with E-state index in [2.05, 4.69) is 10.6 Å². The van der Waals surface area contributed by atoms with Crippen molar-refractivity contribution < 1.29 is 14.6 Å². The van der Waals surface area contributed by atoms with Gasteiger partial charge in [0.2, 0.25) is 0 Å². The van der Waals surface area contributed by atoms with Crippen molar-refractivity contribution in [1.82, 2.24) is 5.32 Å². The second-order valence-corrected chi connectivity index (χ2v) is 5.51. The highest BCUT2D eigenvalue weighted by Crippen LogP contribution is 2.25. The van der Waals surface area contributed by atoms with Gasteiger partial charge < -0.3 is 20.5 Å². The van der Waals surface area contributed by atoms with Crippen LogP contribution in [0.1, 0.15) is 31.7 Å². The molecule has 0 spiro atoms. The summed E-state index contributed by atoms with van der Waals surface area (Å²) in [6.07, 6.45) is 2.57. The van der Waals surface area contributed by atoms with Crippen LogP contribution in [0.15, 0.2) is 18.2 Å². The van der Waals surface area contributed by atoms with Gasteiger partial charge in [0.05, 0.1) is 12.7 Å². The van der Waals surface area contributed by atoms with E-state index in [9.17, 15) is 9.90 Å². The third-order valence-electron chi connectivity index (χ3n) is 3.88. The highest BCUT2D eigenvalue weighted by Gasteiger charge is 2.25. The lowest BCUT2D eigenvalue weighted by Gasteiger charge is -2.16. The molecule has 0 aromatic heterocycles. The average Bonchev–Trinajstić information content (AvgIpc) is 2.85. The number of benzene rings is 1. The highest BCUT2D eigenvalue weighted by atomic mass is 16.5. The number of carbonyl (C=O) groups is 1. The van der Waals surface area contributed by atoms with E-state index in [-0.39, 0.29) is 18.1 Å². The molecule has 1 aromatic carbocycles. The van der Waals surface area contributed by atoms with Crippen molar-refractivity contribution in [1.29, 1.82) is 0 Å². The molecular formula is C16H24N2O3. The van der Waals surface area contributed by atoms with Gasteiger partial charge in [-0.05, 0) is 50.5 Å². The van der Waals surface area contributed by atoms with Crippen molar-refractivity contribution in [2.75, 3.05) is 18.5 Å². The maximum absolute atomic E-state index is 11.9. The van der Waals surface area contributed by atoms with Gasteiger partial charge in [0, 0.05) is 18.2 Å². The number of nitrogens with one attached hydrogen (secondary N) is 2. The predicted octanol–water partition coefficient (Wildman–Crippen LogP) is 2.68. The fraction of sp³-hybridized carbons (Fsp3) is 0.562. The minimum atomic E-state index is -0.280. The van der Waals surface area contributed by atoms with Crippen molar-refractivity contribution in [2.45, 2.75) is 39.2 Å². The van der Waals surface area contributed by atoms with Gasteiger partial charge in [0.25, 0.3) is 0 Å². The quantitative estimate of drug-likeness (QED) is 0.781. The van der Waals surface area contributed by atoms with Crippen LogP contribution in [0.4, 0.5) is 10.5 Å². The highest BCUT2D eigenvalue weighted by molar-refractivity contribution is 5.89. The number of aliphatic hydroxyl groups excluding tert-OH is 1. The fourth-order valence-corrected chi connectivity index (χ4v) is 2.70. The standard InChI is InChI=1S/C16H24N2O3/c1-3-21-15-8-7-13(9-11(15)2)18-16(20)17-10-12-5-4-6-14(12)19/h7-9,12,14,19H,3-6,10H2,1-2H3,(H2,17,18,20)/t12-,14+/m1/s1. The first-order valence-electron chi connectivity index (χ1n) is 7.56. The van der Waals surface area contributed by atoms with Gasteiger partial charge in [-0.25, -0.2) is 4.79 Å². The van der Waals surface area contributed by atoms with Crippen LogP contribution in [0.3, 0.4) is 0 Å². The summed E-state index contributed by atoms with van der Waals surface area (Å²) in [4.78, 5) is 11.9. The van der Waals surface area contributed by atoms with E-state index in [1.807, 2.05) is 32.0 Å². The van der Waals surface area contributed by atoms with Crippen LogP contribution >= 0.6 is 0 Å². The zero-order valence-corrected chi connectivity index (χ0v) is 12.7. The summed E-state index contributed by atoms with van der Waals surface area (Å²) in [5, 5.41) is 15.3. The maximum atomic E-state index is 11.9. The second-order valence-electron chi connectivity index (χ2n) is 5.51. The molecule has 5 heteroatoms. The topological polar surface area (TPSA) is 70.6 Å². The van der Waals surface area contributed by atoms with Gasteiger partial charge >= 0.3 is 6.03 Å². The number of anilines is 1. The third kappa shape index (κ3) is 4.36. The first-order chi connectivity index (χ1) is 10.1. The molecule has 1 aromatic rings. The van der Waals surface area contributed by atoms with Gasteiger partial charge in [-0.3, -0.25) is 0 Å². The van der Waals surface area contributed by atoms with Gasteiger partial charge in [-0.15, -0.1) is 0 Å². The number of aliphatic hydroxyl groups is 1. The smallest absolute Gasteiger partial charge is 0.319 e. The maximum Gasteiger partial charge on any atom is 0.319 e. The van der Waals surface area contributed by atoms with Gasteiger partial charge in [0.15, 0.2) is 0 Å². The normalized spacial score (nSPS) is 21.1. The summed E-state index contributed by atoms with van der Waals surface area (Å²) in [5.41, 5.74) is 1.72. The van der Waals surface area contributed by atoms with Gasteiger partial charge in [-0.2, -0.15) is 0 Å². The van der Waals surface area contributed by atoms with Crippen LogP contribution in [0.2, 0.25) is 0 Å². The predicted molar refractivity (Wildman–Crippen MR) is 82.7 cm³/mol. The molecule has 0 heterocycles. The molecule has 116 valence electrons. The molecule has 1 fully saturated rings. The summed E-state index contributed by atoms with van der Waals surface area (Å²) in [7, 11) is 0. The zero-order chi connectivity index (χ0) is 15.2. The molecule has 2 amide bonds. The van der Waals surface area contributed by atoms with Crippen LogP contribution in [-0.2, 0) is 0 Å². The van der Waals surface area contributed by atoms with Crippen LogP contribution in [0.25, 0.3) is 0 Å². The van der Waals surface area contributed by atoms with E-state index in [0.717, 1.165) is 36.3 Å². The number of rotatable bonds is 5. The van der Waals surface area contributed by atoms with Gasteiger partial charge in [0.1, 0.15) is 5.75 Å². The van der Waals surface area contributed by atoms with Crippen molar-refractivity contribution in [3.63, 3.8) is 0 Å². The Bertz CT molecular complexity index is 490. The van der Waals surface area contributed by atoms with Crippen LogP contribution in [0, 0.1) is 12.8 Å². The summed E-state index contributed by atoms with van der Waals surface area (Å²) in [6, 6.07) is 5.32. The SMILES string of the molecule is CCOc1ccc(NC(=O)NC[C@H]2CCC[C@@H]2O)cc1C. The Hall–Kier alpha value is -1.75. The van der Waals surface area contributed by atoms with Crippen molar-refractivity contribution >= 4 is 11.7 Å². The van der Waals surface area contributed by atoms with Crippen LogP contribution in [0.5, 0.6) is 5.75 Å². The molecule has 2 atom stereocenters.